The van der Waals surface area contributed by atoms with Crippen molar-refractivity contribution in [3.8, 4) is 5.75 Å². The maximum Gasteiger partial charge on any atom is 0.122 e. The molecule has 1 aliphatic rings. The van der Waals surface area contributed by atoms with E-state index in [2.05, 4.69) is 11.4 Å². The fourth-order valence-electron chi connectivity index (χ4n) is 2.09. The van der Waals surface area contributed by atoms with Gasteiger partial charge in [0.1, 0.15) is 5.75 Å². The molecule has 1 heterocycles. The van der Waals surface area contributed by atoms with Gasteiger partial charge in [-0.05, 0) is 25.1 Å². The Morgan fingerprint density at radius 2 is 2.40 bits per heavy atom. The first-order valence-corrected chi connectivity index (χ1v) is 5.28. The van der Waals surface area contributed by atoms with Crippen LogP contribution < -0.4 is 10.1 Å². The Hall–Kier alpha value is -1.06. The van der Waals surface area contributed by atoms with Gasteiger partial charge in [-0.25, -0.2) is 0 Å². The molecule has 2 rings (SSSR count). The van der Waals surface area contributed by atoms with Gasteiger partial charge in [0.25, 0.3) is 0 Å². The third-order valence-corrected chi connectivity index (χ3v) is 2.80. The van der Waals surface area contributed by atoms with E-state index in [4.69, 9.17) is 9.47 Å². The predicted molar refractivity (Wildman–Crippen MR) is 59.3 cm³/mol. The Kier molecular flexibility index (Phi) is 3.23. The second kappa shape index (κ2) is 4.64. The van der Waals surface area contributed by atoms with Gasteiger partial charge in [0.15, 0.2) is 0 Å². The topological polar surface area (TPSA) is 30.5 Å². The molecular formula is C12H17NO2. The van der Waals surface area contributed by atoms with Crippen LogP contribution in [0.1, 0.15) is 17.2 Å². The van der Waals surface area contributed by atoms with E-state index in [1.54, 1.807) is 7.11 Å². The zero-order valence-corrected chi connectivity index (χ0v) is 9.25. The largest absolute Gasteiger partial charge is 0.496 e. The van der Waals surface area contributed by atoms with Crippen LogP contribution in [0.25, 0.3) is 0 Å². The van der Waals surface area contributed by atoms with Gasteiger partial charge in [0, 0.05) is 12.1 Å². The average Bonchev–Trinajstić information content (AvgIpc) is 2.29. The summed E-state index contributed by atoms with van der Waals surface area (Å²) in [6.45, 7) is 1.62. The van der Waals surface area contributed by atoms with Gasteiger partial charge >= 0.3 is 0 Å². The van der Waals surface area contributed by atoms with Crippen molar-refractivity contribution in [2.45, 2.75) is 12.5 Å². The molecule has 0 bridgehead atoms. The first-order chi connectivity index (χ1) is 7.36. The molecule has 0 fully saturated rings. The maximum absolute atomic E-state index is 5.73. The first-order valence-electron chi connectivity index (χ1n) is 5.28. The Morgan fingerprint density at radius 1 is 1.53 bits per heavy atom. The number of hydrogen-bond donors (Lipinski definition) is 1. The molecule has 82 valence electrons. The van der Waals surface area contributed by atoms with Crippen LogP contribution in [-0.2, 0) is 11.2 Å². The van der Waals surface area contributed by atoms with Crippen molar-refractivity contribution in [3.05, 3.63) is 29.3 Å². The highest BCUT2D eigenvalue weighted by Crippen LogP contribution is 2.32. The van der Waals surface area contributed by atoms with Gasteiger partial charge in [-0.2, -0.15) is 0 Å². The van der Waals surface area contributed by atoms with Crippen LogP contribution >= 0.6 is 0 Å². The lowest BCUT2D eigenvalue weighted by molar-refractivity contribution is 0.0431. The summed E-state index contributed by atoms with van der Waals surface area (Å²) in [5.74, 6) is 0.983. The Morgan fingerprint density at radius 3 is 3.13 bits per heavy atom. The highest BCUT2D eigenvalue weighted by Gasteiger charge is 2.22. The van der Waals surface area contributed by atoms with Crippen LogP contribution in [0.4, 0.5) is 0 Å². The second-order valence-corrected chi connectivity index (χ2v) is 3.70. The van der Waals surface area contributed by atoms with Crippen molar-refractivity contribution in [2.75, 3.05) is 27.3 Å². The van der Waals surface area contributed by atoms with Crippen LogP contribution in [0.2, 0.25) is 0 Å². The van der Waals surface area contributed by atoms with E-state index >= 15 is 0 Å². The molecule has 0 radical (unpaired) electrons. The zero-order valence-electron chi connectivity index (χ0n) is 9.25. The number of fused-ring (bicyclic) bond motifs is 1. The summed E-state index contributed by atoms with van der Waals surface area (Å²) < 4.78 is 11.1. The molecular weight excluding hydrogens is 190 g/mol. The van der Waals surface area contributed by atoms with Crippen LogP contribution in [-0.4, -0.2) is 27.3 Å². The molecule has 1 aromatic carbocycles. The Balaban J connectivity index is 2.35. The van der Waals surface area contributed by atoms with Gasteiger partial charge in [0.2, 0.25) is 0 Å². The zero-order chi connectivity index (χ0) is 10.7. The third-order valence-electron chi connectivity index (χ3n) is 2.80. The first kappa shape index (κ1) is 10.5. The van der Waals surface area contributed by atoms with Crippen LogP contribution in [0.15, 0.2) is 18.2 Å². The van der Waals surface area contributed by atoms with Gasteiger partial charge in [0.05, 0.1) is 19.8 Å². The van der Waals surface area contributed by atoms with E-state index in [0.29, 0.717) is 0 Å². The van der Waals surface area contributed by atoms with E-state index < -0.39 is 0 Å². The van der Waals surface area contributed by atoms with E-state index in [0.717, 1.165) is 25.3 Å². The number of likely N-dealkylation sites (N-methyl/N-ethyl adjacent to an activating group) is 1. The van der Waals surface area contributed by atoms with Gasteiger partial charge < -0.3 is 14.8 Å². The van der Waals surface area contributed by atoms with E-state index in [9.17, 15) is 0 Å². The molecule has 1 aromatic rings. The summed E-state index contributed by atoms with van der Waals surface area (Å²) in [7, 11) is 3.66. The summed E-state index contributed by atoms with van der Waals surface area (Å²) in [5.41, 5.74) is 2.56. The standard InChI is InChI=1S/C12H17NO2/c1-13-8-12-9-4-3-5-11(14-2)10(9)6-7-15-12/h3-5,12-13H,6-8H2,1-2H3/t12-/m0/s1. The van der Waals surface area contributed by atoms with Gasteiger partial charge in [-0.15, -0.1) is 0 Å². The molecule has 1 atom stereocenters. The van der Waals surface area contributed by atoms with Gasteiger partial charge in [-0.3, -0.25) is 0 Å². The van der Waals surface area contributed by atoms with E-state index in [1.165, 1.54) is 11.1 Å². The van der Waals surface area contributed by atoms with E-state index in [1.807, 2.05) is 19.2 Å². The van der Waals surface area contributed by atoms with Crippen molar-refractivity contribution in [2.24, 2.45) is 0 Å². The lowest BCUT2D eigenvalue weighted by atomic mass is 9.96. The summed E-state index contributed by atoms with van der Waals surface area (Å²) >= 11 is 0. The molecule has 0 aromatic heterocycles. The van der Waals surface area contributed by atoms with Crippen LogP contribution in [0.3, 0.4) is 0 Å². The summed E-state index contributed by atoms with van der Waals surface area (Å²) in [5, 5.41) is 3.15. The second-order valence-electron chi connectivity index (χ2n) is 3.70. The van der Waals surface area contributed by atoms with Crippen LogP contribution in [0.5, 0.6) is 5.75 Å². The number of nitrogens with one attached hydrogen (secondary N) is 1. The minimum atomic E-state index is 0.161. The van der Waals surface area contributed by atoms with Crippen molar-refractivity contribution >= 4 is 0 Å². The molecule has 0 saturated carbocycles. The highest BCUT2D eigenvalue weighted by molar-refractivity contribution is 5.42. The van der Waals surface area contributed by atoms with Crippen molar-refractivity contribution in [1.82, 2.24) is 5.32 Å². The van der Waals surface area contributed by atoms with Crippen molar-refractivity contribution in [1.29, 1.82) is 0 Å². The van der Waals surface area contributed by atoms with Crippen molar-refractivity contribution < 1.29 is 9.47 Å². The number of hydrogen-bond acceptors (Lipinski definition) is 3. The molecule has 0 aliphatic carbocycles. The minimum absolute atomic E-state index is 0.161. The summed E-state index contributed by atoms with van der Waals surface area (Å²) in [4.78, 5) is 0. The monoisotopic (exact) mass is 207 g/mol. The number of benzene rings is 1. The average molecular weight is 207 g/mol. The SMILES string of the molecule is CNC[C@@H]1OCCc2c(OC)cccc21. The van der Waals surface area contributed by atoms with Crippen LogP contribution in [0, 0.1) is 0 Å². The molecule has 15 heavy (non-hydrogen) atoms. The fourth-order valence-corrected chi connectivity index (χ4v) is 2.09. The van der Waals surface area contributed by atoms with E-state index in [-0.39, 0.29) is 6.10 Å². The lowest BCUT2D eigenvalue weighted by Crippen LogP contribution is -2.25. The Bertz CT molecular complexity index is 338. The minimum Gasteiger partial charge on any atom is -0.496 e. The van der Waals surface area contributed by atoms with Crippen molar-refractivity contribution in [3.63, 3.8) is 0 Å². The molecule has 1 aliphatic heterocycles. The summed E-state index contributed by atoms with van der Waals surface area (Å²) in [6, 6.07) is 6.16. The quantitative estimate of drug-likeness (QED) is 0.815. The highest BCUT2D eigenvalue weighted by atomic mass is 16.5. The lowest BCUT2D eigenvalue weighted by Gasteiger charge is -2.27. The third kappa shape index (κ3) is 1.98. The number of methoxy groups -OCH3 is 1. The predicted octanol–water partition coefficient (Wildman–Crippen LogP) is 1.53. The molecule has 0 spiro atoms. The Labute approximate surface area is 90.4 Å². The fraction of sp³-hybridized carbons (Fsp3) is 0.500. The number of ether oxygens (including phenoxy) is 2. The summed E-state index contributed by atoms with van der Waals surface area (Å²) in [6.07, 6.45) is 1.10. The molecule has 1 N–H and O–H groups in total. The molecule has 3 nitrogen and oxygen atoms in total. The smallest absolute Gasteiger partial charge is 0.122 e. The molecule has 0 unspecified atom stereocenters. The molecule has 0 amide bonds. The number of rotatable bonds is 3. The van der Waals surface area contributed by atoms with Gasteiger partial charge in [-0.1, -0.05) is 12.1 Å². The molecule has 0 saturated heterocycles. The normalized spacial score (nSPS) is 19.7. The maximum atomic E-state index is 5.73. The molecule has 3 heteroatoms.